The molecule has 136 valence electrons. The molecule has 0 saturated carbocycles. The fourth-order valence-corrected chi connectivity index (χ4v) is 3.56. The summed E-state index contributed by atoms with van der Waals surface area (Å²) in [5.74, 6) is -1.40. The number of hydrogen-bond donors (Lipinski definition) is 1. The summed E-state index contributed by atoms with van der Waals surface area (Å²) in [4.78, 5) is 38.2. The summed E-state index contributed by atoms with van der Waals surface area (Å²) in [6.45, 7) is 6.22. The van der Waals surface area contributed by atoms with Crippen LogP contribution in [-0.2, 0) is 9.59 Å². The number of likely N-dealkylation sites (tertiary alicyclic amines) is 1. The zero-order valence-corrected chi connectivity index (χ0v) is 15.2. The average molecular weight is 345 g/mol. The van der Waals surface area contributed by atoms with E-state index in [0.717, 1.165) is 0 Å². The number of amides is 1. The first-order chi connectivity index (χ1) is 11.7. The van der Waals surface area contributed by atoms with Crippen LogP contribution in [0.2, 0.25) is 0 Å². The number of Topliss-reactive ketones (excluding diaryl/α,β-unsaturated/α-hetero) is 1. The van der Waals surface area contributed by atoms with Crippen molar-refractivity contribution in [3.05, 3.63) is 35.9 Å². The van der Waals surface area contributed by atoms with E-state index in [1.54, 1.807) is 24.0 Å². The fraction of sp³-hybridized carbons (Fsp3) is 0.550. The van der Waals surface area contributed by atoms with Crippen molar-refractivity contribution in [2.75, 3.05) is 6.54 Å². The number of ketones is 1. The molecule has 0 aromatic heterocycles. The van der Waals surface area contributed by atoms with Crippen LogP contribution in [-0.4, -0.2) is 40.3 Å². The molecule has 0 radical (unpaired) electrons. The Bertz CT molecular complexity index is 638. The number of aliphatic carboxylic acids is 1. The lowest BCUT2D eigenvalue weighted by Crippen LogP contribution is -2.50. The Morgan fingerprint density at radius 3 is 2.40 bits per heavy atom. The Morgan fingerprint density at radius 1 is 1.16 bits per heavy atom. The Balaban J connectivity index is 2.00. The topological polar surface area (TPSA) is 74.7 Å². The lowest BCUT2D eigenvalue weighted by molar-refractivity contribution is -0.149. The van der Waals surface area contributed by atoms with Crippen molar-refractivity contribution in [2.24, 2.45) is 11.3 Å². The van der Waals surface area contributed by atoms with Gasteiger partial charge in [-0.2, -0.15) is 0 Å². The summed E-state index contributed by atoms with van der Waals surface area (Å²) in [5.41, 5.74) is 0.181. The van der Waals surface area contributed by atoms with Gasteiger partial charge >= 0.3 is 5.97 Å². The first-order valence-electron chi connectivity index (χ1n) is 8.82. The average Bonchev–Trinajstić information content (AvgIpc) is 2.54. The number of benzene rings is 1. The molecule has 0 spiro atoms. The number of carbonyl (C=O) groups is 3. The molecule has 25 heavy (non-hydrogen) atoms. The summed E-state index contributed by atoms with van der Waals surface area (Å²) in [6.07, 6.45) is 1.84. The van der Waals surface area contributed by atoms with E-state index < -0.39 is 17.3 Å². The summed E-state index contributed by atoms with van der Waals surface area (Å²) >= 11 is 0. The molecule has 2 atom stereocenters. The largest absolute Gasteiger partial charge is 0.481 e. The second-order valence-electron chi connectivity index (χ2n) is 7.72. The molecule has 5 nitrogen and oxygen atoms in total. The predicted molar refractivity (Wildman–Crippen MR) is 95.3 cm³/mol. The molecule has 2 rings (SSSR count). The van der Waals surface area contributed by atoms with Gasteiger partial charge in [0.1, 0.15) is 0 Å². The number of nitrogens with zero attached hydrogens (tertiary/aromatic N) is 1. The van der Waals surface area contributed by atoms with Gasteiger partial charge in [-0.1, -0.05) is 44.2 Å². The standard InChI is InChI=1S/C20H27NO4/c1-14-16(19(24)25)10-7-11-21(14)18(23)13-20(2,3)12-17(22)15-8-5-4-6-9-15/h4-6,8-9,14,16H,7,10-13H2,1-3H3,(H,24,25)/t14-,16-/m1/s1. The monoisotopic (exact) mass is 345 g/mol. The van der Waals surface area contributed by atoms with Gasteiger partial charge in [-0.15, -0.1) is 0 Å². The SMILES string of the molecule is C[C@@H]1[C@H](C(=O)O)CCCN1C(=O)CC(C)(C)CC(=O)c1ccccc1. The van der Waals surface area contributed by atoms with E-state index in [9.17, 15) is 19.5 Å². The first kappa shape index (κ1) is 19.2. The first-order valence-corrected chi connectivity index (χ1v) is 8.82. The molecule has 1 heterocycles. The molecule has 1 N–H and O–H groups in total. The predicted octanol–water partition coefficient (Wildman–Crippen LogP) is 3.39. The van der Waals surface area contributed by atoms with Crippen molar-refractivity contribution >= 4 is 17.7 Å². The van der Waals surface area contributed by atoms with E-state index in [2.05, 4.69) is 0 Å². The van der Waals surface area contributed by atoms with Gasteiger partial charge in [-0.3, -0.25) is 14.4 Å². The molecular weight excluding hydrogens is 318 g/mol. The van der Waals surface area contributed by atoms with Crippen LogP contribution in [0.5, 0.6) is 0 Å². The fourth-order valence-electron chi connectivity index (χ4n) is 3.56. The minimum Gasteiger partial charge on any atom is -0.481 e. The Hall–Kier alpha value is -2.17. The zero-order chi connectivity index (χ0) is 18.6. The van der Waals surface area contributed by atoms with E-state index in [4.69, 9.17) is 0 Å². The Morgan fingerprint density at radius 2 is 1.80 bits per heavy atom. The van der Waals surface area contributed by atoms with Crippen molar-refractivity contribution in [1.82, 2.24) is 4.90 Å². The van der Waals surface area contributed by atoms with E-state index >= 15 is 0 Å². The Labute approximate surface area is 149 Å². The maximum absolute atomic E-state index is 12.7. The zero-order valence-electron chi connectivity index (χ0n) is 15.2. The number of piperidine rings is 1. The summed E-state index contributed by atoms with van der Waals surface area (Å²) in [6, 6.07) is 8.77. The van der Waals surface area contributed by atoms with Gasteiger partial charge in [0.25, 0.3) is 0 Å². The third-order valence-corrected chi connectivity index (χ3v) is 4.99. The van der Waals surface area contributed by atoms with Crippen LogP contribution >= 0.6 is 0 Å². The van der Waals surface area contributed by atoms with Crippen molar-refractivity contribution in [2.45, 2.75) is 52.5 Å². The van der Waals surface area contributed by atoms with Crippen LogP contribution in [0.3, 0.4) is 0 Å². The normalized spacial score (nSPS) is 21.0. The third kappa shape index (κ3) is 4.91. The second kappa shape index (κ2) is 7.81. The molecule has 1 aliphatic heterocycles. The van der Waals surface area contributed by atoms with Crippen LogP contribution in [0.25, 0.3) is 0 Å². The minimum absolute atomic E-state index is 0.0218. The minimum atomic E-state index is -0.844. The number of carboxylic acid groups (broad SMARTS) is 1. The molecule has 1 aliphatic rings. The third-order valence-electron chi connectivity index (χ3n) is 4.99. The van der Waals surface area contributed by atoms with Gasteiger partial charge in [0.05, 0.1) is 5.92 Å². The van der Waals surface area contributed by atoms with Gasteiger partial charge in [-0.25, -0.2) is 0 Å². The highest BCUT2D eigenvalue weighted by Gasteiger charge is 2.37. The van der Waals surface area contributed by atoms with E-state index in [1.165, 1.54) is 0 Å². The van der Waals surface area contributed by atoms with Crippen LogP contribution < -0.4 is 0 Å². The van der Waals surface area contributed by atoms with Crippen molar-refractivity contribution in [3.63, 3.8) is 0 Å². The van der Waals surface area contributed by atoms with Crippen LogP contribution in [0.1, 0.15) is 56.8 Å². The number of carboxylic acids is 1. The van der Waals surface area contributed by atoms with Gasteiger partial charge in [0, 0.05) is 31.0 Å². The maximum Gasteiger partial charge on any atom is 0.308 e. The highest BCUT2D eigenvalue weighted by molar-refractivity contribution is 5.96. The highest BCUT2D eigenvalue weighted by atomic mass is 16.4. The smallest absolute Gasteiger partial charge is 0.308 e. The van der Waals surface area contributed by atoms with Crippen LogP contribution in [0.4, 0.5) is 0 Å². The molecular formula is C20H27NO4. The van der Waals surface area contributed by atoms with E-state index in [1.807, 2.05) is 32.0 Å². The lowest BCUT2D eigenvalue weighted by Gasteiger charge is -2.39. The highest BCUT2D eigenvalue weighted by Crippen LogP contribution is 2.31. The molecule has 5 heteroatoms. The van der Waals surface area contributed by atoms with Gasteiger partial charge in [0.2, 0.25) is 5.91 Å². The summed E-state index contributed by atoms with van der Waals surface area (Å²) < 4.78 is 0. The van der Waals surface area contributed by atoms with E-state index in [0.29, 0.717) is 24.9 Å². The summed E-state index contributed by atoms with van der Waals surface area (Å²) in [5, 5.41) is 9.30. The molecule has 0 aliphatic carbocycles. The summed E-state index contributed by atoms with van der Waals surface area (Å²) in [7, 11) is 0. The van der Waals surface area contributed by atoms with Crippen molar-refractivity contribution in [1.29, 1.82) is 0 Å². The molecule has 1 saturated heterocycles. The molecule has 1 aromatic carbocycles. The molecule has 1 amide bonds. The lowest BCUT2D eigenvalue weighted by atomic mass is 9.81. The van der Waals surface area contributed by atoms with Gasteiger partial charge in [0.15, 0.2) is 5.78 Å². The van der Waals surface area contributed by atoms with Crippen molar-refractivity contribution < 1.29 is 19.5 Å². The molecule has 1 aromatic rings. The second-order valence-corrected chi connectivity index (χ2v) is 7.72. The van der Waals surface area contributed by atoms with Gasteiger partial charge in [-0.05, 0) is 25.2 Å². The molecule has 0 bridgehead atoms. The molecule has 1 fully saturated rings. The van der Waals surface area contributed by atoms with Crippen LogP contribution in [0.15, 0.2) is 30.3 Å². The number of rotatable bonds is 6. The number of carbonyl (C=O) groups excluding carboxylic acids is 2. The number of hydrogen-bond acceptors (Lipinski definition) is 3. The quantitative estimate of drug-likeness (QED) is 0.802. The van der Waals surface area contributed by atoms with Crippen LogP contribution in [0, 0.1) is 11.3 Å². The molecule has 0 unspecified atom stereocenters. The van der Waals surface area contributed by atoms with E-state index in [-0.39, 0.29) is 30.6 Å². The van der Waals surface area contributed by atoms with Crippen molar-refractivity contribution in [3.8, 4) is 0 Å². The Kier molecular flexibility index (Phi) is 5.98. The van der Waals surface area contributed by atoms with Gasteiger partial charge < -0.3 is 10.0 Å². The maximum atomic E-state index is 12.7.